The molecule has 11 atom stereocenters. The van der Waals surface area contributed by atoms with Gasteiger partial charge in [-0.15, -0.1) is 0 Å². The van der Waals surface area contributed by atoms with Gasteiger partial charge >= 0.3 is 17.9 Å². The van der Waals surface area contributed by atoms with E-state index >= 15 is 0 Å². The maximum atomic E-state index is 13.4. The molecule has 0 aromatic heterocycles. The van der Waals surface area contributed by atoms with Gasteiger partial charge in [-0.2, -0.15) is 0 Å². The molecule has 9 nitrogen and oxygen atoms in total. The van der Waals surface area contributed by atoms with Gasteiger partial charge in [-0.1, -0.05) is 66.5 Å². The number of carbonyl (C=O) groups excluding carboxylic acids is 2. The largest absolute Gasteiger partial charge is 0.481 e. The van der Waals surface area contributed by atoms with Crippen molar-refractivity contribution in [3.05, 3.63) is 11.6 Å². The van der Waals surface area contributed by atoms with Gasteiger partial charge in [0.1, 0.15) is 12.2 Å². The quantitative estimate of drug-likeness (QED) is 0.150. The van der Waals surface area contributed by atoms with Gasteiger partial charge in [-0.25, -0.2) is 0 Å². The molecule has 6 aliphatic rings. The van der Waals surface area contributed by atoms with Crippen LogP contribution in [0.1, 0.15) is 113 Å². The predicted octanol–water partition coefficient (Wildman–Crippen LogP) is 6.49. The van der Waals surface area contributed by atoms with Crippen molar-refractivity contribution in [1.82, 2.24) is 10.2 Å². The van der Waals surface area contributed by atoms with Gasteiger partial charge in [0.2, 0.25) is 0 Å². The van der Waals surface area contributed by atoms with Crippen molar-refractivity contribution in [3.8, 4) is 0 Å². The van der Waals surface area contributed by atoms with Gasteiger partial charge in [0.15, 0.2) is 0 Å². The number of likely N-dealkylation sites (tertiary alicyclic amines) is 1. The number of carboxylic acid groups (broad SMARTS) is 1. The van der Waals surface area contributed by atoms with E-state index in [1.165, 1.54) is 31.8 Å². The highest BCUT2D eigenvalue weighted by atomic mass is 16.6. The number of carboxylic acids is 1. The lowest BCUT2D eigenvalue weighted by Crippen LogP contribution is -2.70. The molecule has 282 valence electrons. The Morgan fingerprint density at radius 3 is 2.38 bits per heavy atom. The van der Waals surface area contributed by atoms with Crippen molar-refractivity contribution in [3.63, 3.8) is 0 Å². The Labute approximate surface area is 301 Å². The van der Waals surface area contributed by atoms with Gasteiger partial charge in [0.05, 0.1) is 25.7 Å². The summed E-state index contributed by atoms with van der Waals surface area (Å²) in [6.45, 7) is 22.2. The van der Waals surface area contributed by atoms with E-state index in [1.807, 2.05) is 0 Å². The first kappa shape index (κ1) is 37.8. The molecule has 0 aromatic carbocycles. The summed E-state index contributed by atoms with van der Waals surface area (Å²) in [5, 5.41) is 14.3. The molecule has 2 heterocycles. The second kappa shape index (κ2) is 13.8. The number of aliphatic carboxylic acids is 1. The standard InChI is InChI=1S/C41H66N2O7/c1-26(2)27(3)37(5)16-17-39(7)29-12-13-32-38(6)24-48-25-41(32,30(29)14-15-40(39,8)34(37)36(46)47)22-31(49-28(4)44)35(38)50-33(45)23-42-18-21-43-19-10-9-11-20-43/h14,26-27,29,31-32,34-35,42H,9-13,15-25H2,1-8H3,(H,46,47)/t27-,29+,31-,32+,34-,35+,37-,38-,39-,40+,41-/m1/s1. The van der Waals surface area contributed by atoms with Gasteiger partial charge in [0.25, 0.3) is 0 Å². The van der Waals surface area contributed by atoms with E-state index in [1.54, 1.807) is 0 Å². The van der Waals surface area contributed by atoms with Crippen LogP contribution in [-0.2, 0) is 28.6 Å². The third kappa shape index (κ3) is 5.97. The monoisotopic (exact) mass is 698 g/mol. The summed E-state index contributed by atoms with van der Waals surface area (Å²) < 4.78 is 19.0. The van der Waals surface area contributed by atoms with Crippen LogP contribution in [-0.4, -0.2) is 86.1 Å². The highest BCUT2D eigenvalue weighted by Crippen LogP contribution is 2.75. The zero-order chi connectivity index (χ0) is 36.3. The zero-order valence-electron chi connectivity index (χ0n) is 32.3. The molecule has 0 aromatic rings. The van der Waals surface area contributed by atoms with Crippen LogP contribution in [0.4, 0.5) is 0 Å². The molecule has 2 saturated heterocycles. The fourth-order valence-electron chi connectivity index (χ4n) is 12.9. The smallest absolute Gasteiger partial charge is 0.320 e. The molecule has 9 heteroatoms. The summed E-state index contributed by atoms with van der Waals surface area (Å²) in [7, 11) is 0. The van der Waals surface area contributed by atoms with Crippen molar-refractivity contribution in [1.29, 1.82) is 0 Å². The van der Waals surface area contributed by atoms with E-state index in [9.17, 15) is 19.5 Å². The Morgan fingerprint density at radius 2 is 1.72 bits per heavy atom. The number of hydrogen-bond acceptors (Lipinski definition) is 8. The Morgan fingerprint density at radius 1 is 1.00 bits per heavy atom. The molecule has 2 N–H and O–H groups in total. The molecule has 2 bridgehead atoms. The van der Waals surface area contributed by atoms with Crippen LogP contribution in [0.3, 0.4) is 0 Å². The summed E-state index contributed by atoms with van der Waals surface area (Å²) in [5.74, 6) is -0.717. The van der Waals surface area contributed by atoms with Crippen molar-refractivity contribution >= 4 is 17.9 Å². The van der Waals surface area contributed by atoms with Crippen LogP contribution in [0.15, 0.2) is 11.6 Å². The van der Waals surface area contributed by atoms with Crippen LogP contribution in [0.2, 0.25) is 0 Å². The maximum absolute atomic E-state index is 13.4. The average Bonchev–Trinajstić information content (AvgIpc) is 3.05. The van der Waals surface area contributed by atoms with Crippen molar-refractivity contribution in [2.45, 2.75) is 125 Å². The second-order valence-electron chi connectivity index (χ2n) is 18.7. The number of ether oxygens (including phenoxy) is 3. The fraction of sp³-hybridized carbons (Fsp3) is 0.878. The maximum Gasteiger partial charge on any atom is 0.320 e. The third-order valence-corrected chi connectivity index (χ3v) is 16.0. The van der Waals surface area contributed by atoms with E-state index in [2.05, 4.69) is 64.8 Å². The number of allylic oxidation sites excluding steroid dienone is 1. The minimum absolute atomic E-state index is 0.118. The van der Waals surface area contributed by atoms with Crippen LogP contribution < -0.4 is 5.32 Å². The molecule has 2 aliphatic heterocycles. The molecule has 6 rings (SSSR count). The molecule has 50 heavy (non-hydrogen) atoms. The molecule has 0 spiro atoms. The molecule has 3 saturated carbocycles. The summed E-state index contributed by atoms with van der Waals surface area (Å²) in [6.07, 6.45) is 10.0. The Kier molecular flexibility index (Phi) is 10.4. The highest BCUT2D eigenvalue weighted by molar-refractivity contribution is 5.73. The first-order valence-electron chi connectivity index (χ1n) is 19.8. The van der Waals surface area contributed by atoms with E-state index in [0.29, 0.717) is 32.0 Å². The van der Waals surface area contributed by atoms with Crippen LogP contribution in [0, 0.1) is 56.7 Å². The normalized spacial score (nSPS) is 43.5. The number of carbonyl (C=O) groups is 3. The minimum atomic E-state index is -0.663. The summed E-state index contributed by atoms with van der Waals surface area (Å²) in [6, 6.07) is 0. The van der Waals surface area contributed by atoms with Gasteiger partial charge in [0, 0.05) is 30.8 Å². The van der Waals surface area contributed by atoms with Gasteiger partial charge in [-0.05, 0) is 104 Å². The molecule has 0 radical (unpaired) electrons. The zero-order valence-corrected chi connectivity index (χ0v) is 32.3. The number of piperidine rings is 1. The number of fused-ring (bicyclic) bond motifs is 3. The van der Waals surface area contributed by atoms with Crippen LogP contribution in [0.5, 0.6) is 0 Å². The molecule has 0 unspecified atom stereocenters. The van der Waals surface area contributed by atoms with Crippen LogP contribution in [0.25, 0.3) is 0 Å². The lowest BCUT2D eigenvalue weighted by atomic mass is 9.34. The molecular formula is C41H66N2O7. The Bertz CT molecular complexity index is 1340. The van der Waals surface area contributed by atoms with E-state index in [4.69, 9.17) is 14.2 Å². The first-order valence-corrected chi connectivity index (χ1v) is 19.8. The Balaban J connectivity index is 1.28. The van der Waals surface area contributed by atoms with Gasteiger partial charge in [-0.3, -0.25) is 14.4 Å². The Hall–Kier alpha value is -1.97. The molecule has 5 fully saturated rings. The summed E-state index contributed by atoms with van der Waals surface area (Å²) >= 11 is 0. The van der Waals surface area contributed by atoms with Crippen LogP contribution >= 0.6 is 0 Å². The van der Waals surface area contributed by atoms with E-state index < -0.39 is 34.9 Å². The molecule has 4 aliphatic carbocycles. The number of esters is 2. The van der Waals surface area contributed by atoms with E-state index in [0.717, 1.165) is 51.9 Å². The fourth-order valence-corrected chi connectivity index (χ4v) is 12.9. The summed E-state index contributed by atoms with van der Waals surface area (Å²) in [4.78, 5) is 41.9. The second-order valence-corrected chi connectivity index (χ2v) is 18.7. The average molecular weight is 699 g/mol. The predicted molar refractivity (Wildman–Crippen MR) is 192 cm³/mol. The number of nitrogens with zero attached hydrogens (tertiary/aromatic N) is 1. The molecular weight excluding hydrogens is 632 g/mol. The van der Waals surface area contributed by atoms with Crippen molar-refractivity contribution < 1.29 is 33.7 Å². The topological polar surface area (TPSA) is 114 Å². The SMILES string of the molecule is CC(=O)O[C@@H]1C[C@]23COC[C@](C)([C@@H]2CC[C@H]2C3=CC[C@@]3(C)[C@H](C(=O)O)[C@@](C)([C@H](C)C(C)C)CC[C@]23C)[C@H]1OC(=O)CNCCN1CCCCC1. The highest BCUT2D eigenvalue weighted by Gasteiger charge is 2.72. The van der Waals surface area contributed by atoms with Crippen molar-refractivity contribution in [2.24, 2.45) is 56.7 Å². The van der Waals surface area contributed by atoms with E-state index in [-0.39, 0.29) is 52.5 Å². The minimum Gasteiger partial charge on any atom is -0.481 e. The summed E-state index contributed by atoms with van der Waals surface area (Å²) in [5.41, 5.74) is -0.425. The lowest BCUT2D eigenvalue weighted by molar-refractivity contribution is -0.262. The van der Waals surface area contributed by atoms with Crippen molar-refractivity contribution in [2.75, 3.05) is 45.9 Å². The van der Waals surface area contributed by atoms with Gasteiger partial charge < -0.3 is 29.5 Å². The molecule has 0 amide bonds. The number of hydrogen-bond donors (Lipinski definition) is 2. The first-order chi connectivity index (χ1) is 23.5. The third-order valence-electron chi connectivity index (χ3n) is 16.0. The lowest BCUT2D eigenvalue weighted by Gasteiger charge is -2.71. The number of nitrogens with one attached hydrogen (secondary N) is 1. The number of rotatable bonds is 10.